The van der Waals surface area contributed by atoms with Gasteiger partial charge in [-0.05, 0) is 25.7 Å². The van der Waals surface area contributed by atoms with Gasteiger partial charge in [-0.1, -0.05) is 44.6 Å². The number of hydrogen-bond donors (Lipinski definition) is 1. The van der Waals surface area contributed by atoms with E-state index in [-0.39, 0.29) is 11.8 Å². The molecule has 0 bridgehead atoms. The van der Waals surface area contributed by atoms with Gasteiger partial charge in [-0.3, -0.25) is 9.59 Å². The number of nitrogens with one attached hydrogen (secondary N) is 1. The average molecular weight is 290 g/mol. The summed E-state index contributed by atoms with van der Waals surface area (Å²) in [6, 6.07) is 0. The van der Waals surface area contributed by atoms with E-state index in [0.717, 1.165) is 64.2 Å². The summed E-state index contributed by atoms with van der Waals surface area (Å²) in [6.07, 6.45) is 11.4. The molecule has 2 aliphatic carbocycles. The van der Waals surface area contributed by atoms with Crippen LogP contribution >= 0.6 is 0 Å². The van der Waals surface area contributed by atoms with Gasteiger partial charge in [-0.25, -0.2) is 0 Å². The molecule has 3 rings (SSSR count). The third-order valence-corrected chi connectivity index (χ3v) is 5.65. The van der Waals surface area contributed by atoms with Crippen LogP contribution in [0.25, 0.3) is 0 Å². The number of piperazine rings is 1. The molecule has 2 amide bonds. The lowest BCUT2D eigenvalue weighted by Gasteiger charge is -2.54. The molecule has 4 heteroatoms. The molecule has 1 N–H and O–H groups in total. The Hall–Kier alpha value is -1.32. The Labute approximate surface area is 127 Å². The topological polar surface area (TPSA) is 49.4 Å². The van der Waals surface area contributed by atoms with Crippen LogP contribution in [-0.4, -0.2) is 34.3 Å². The molecule has 0 aromatic heterocycles. The van der Waals surface area contributed by atoms with Crippen LogP contribution in [0.3, 0.4) is 0 Å². The molecule has 2 saturated carbocycles. The van der Waals surface area contributed by atoms with Gasteiger partial charge in [0.15, 0.2) is 0 Å². The first-order valence-electron chi connectivity index (χ1n) is 8.40. The maximum atomic E-state index is 13.2. The monoisotopic (exact) mass is 290 g/mol. The Morgan fingerprint density at radius 1 is 1.00 bits per heavy atom. The van der Waals surface area contributed by atoms with Crippen molar-refractivity contribution >= 4 is 11.8 Å². The molecule has 0 atom stereocenters. The highest BCUT2D eigenvalue weighted by molar-refractivity contribution is 6.02. The van der Waals surface area contributed by atoms with E-state index >= 15 is 0 Å². The number of amides is 2. The first kappa shape index (κ1) is 14.6. The molecule has 0 unspecified atom stereocenters. The molecule has 116 valence electrons. The van der Waals surface area contributed by atoms with Crippen molar-refractivity contribution in [2.75, 3.05) is 6.54 Å². The van der Waals surface area contributed by atoms with E-state index in [2.05, 4.69) is 11.9 Å². The summed E-state index contributed by atoms with van der Waals surface area (Å²) >= 11 is 0. The smallest absolute Gasteiger partial charge is 0.249 e. The fourth-order valence-corrected chi connectivity index (χ4v) is 4.48. The summed E-state index contributed by atoms with van der Waals surface area (Å²) in [5.74, 6) is 0.231. The van der Waals surface area contributed by atoms with Gasteiger partial charge in [0.2, 0.25) is 11.8 Å². The lowest BCUT2D eigenvalue weighted by molar-refractivity contribution is -0.166. The van der Waals surface area contributed by atoms with E-state index in [0.29, 0.717) is 6.54 Å². The van der Waals surface area contributed by atoms with Crippen molar-refractivity contribution in [3.63, 3.8) is 0 Å². The summed E-state index contributed by atoms with van der Waals surface area (Å²) in [7, 11) is 0. The molecule has 0 aromatic rings. The van der Waals surface area contributed by atoms with Crippen molar-refractivity contribution in [1.82, 2.24) is 10.2 Å². The number of hydrogen-bond acceptors (Lipinski definition) is 2. The van der Waals surface area contributed by atoms with Gasteiger partial charge in [0.25, 0.3) is 0 Å². The second-order valence-electron chi connectivity index (χ2n) is 6.89. The summed E-state index contributed by atoms with van der Waals surface area (Å²) in [5, 5.41) is 3.17. The van der Waals surface area contributed by atoms with Crippen molar-refractivity contribution in [3.8, 4) is 0 Å². The molecule has 3 aliphatic rings. The van der Waals surface area contributed by atoms with E-state index in [1.807, 2.05) is 4.90 Å². The Morgan fingerprint density at radius 3 is 2.14 bits per heavy atom. The molecule has 1 heterocycles. The van der Waals surface area contributed by atoms with E-state index in [1.54, 1.807) is 6.08 Å². The minimum absolute atomic E-state index is 0.0885. The van der Waals surface area contributed by atoms with Gasteiger partial charge in [-0.15, -0.1) is 6.58 Å². The predicted molar refractivity (Wildman–Crippen MR) is 81.7 cm³/mol. The maximum absolute atomic E-state index is 13.2. The highest BCUT2D eigenvalue weighted by Gasteiger charge is 2.58. The second kappa shape index (κ2) is 5.47. The molecular weight excluding hydrogens is 264 g/mol. The summed E-state index contributed by atoms with van der Waals surface area (Å²) in [6.45, 7) is 4.29. The van der Waals surface area contributed by atoms with Gasteiger partial charge in [0, 0.05) is 6.54 Å². The average Bonchev–Trinajstić information content (AvgIpc) is 2.52. The van der Waals surface area contributed by atoms with Crippen molar-refractivity contribution < 1.29 is 9.59 Å². The first-order valence-corrected chi connectivity index (χ1v) is 8.40. The molecule has 4 nitrogen and oxygen atoms in total. The fraction of sp³-hybridized carbons (Fsp3) is 0.765. The molecule has 3 fully saturated rings. The van der Waals surface area contributed by atoms with Crippen molar-refractivity contribution in [1.29, 1.82) is 0 Å². The summed E-state index contributed by atoms with van der Waals surface area (Å²) in [5.41, 5.74) is -1.23. The molecule has 21 heavy (non-hydrogen) atoms. The zero-order valence-electron chi connectivity index (χ0n) is 12.8. The van der Waals surface area contributed by atoms with Crippen LogP contribution in [0.4, 0.5) is 0 Å². The van der Waals surface area contributed by atoms with E-state index < -0.39 is 11.1 Å². The van der Waals surface area contributed by atoms with Crippen LogP contribution in [-0.2, 0) is 9.59 Å². The fourth-order valence-electron chi connectivity index (χ4n) is 4.48. The second-order valence-corrected chi connectivity index (χ2v) is 6.89. The minimum atomic E-state index is -0.624. The number of rotatable bonds is 2. The summed E-state index contributed by atoms with van der Waals surface area (Å²) in [4.78, 5) is 28.0. The Balaban J connectivity index is 1.95. The van der Waals surface area contributed by atoms with Gasteiger partial charge in [0.1, 0.15) is 11.1 Å². The normalized spacial score (nSPS) is 27.7. The van der Waals surface area contributed by atoms with Gasteiger partial charge in [0.05, 0.1) is 0 Å². The van der Waals surface area contributed by atoms with Crippen molar-refractivity contribution in [2.24, 2.45) is 0 Å². The highest BCUT2D eigenvalue weighted by atomic mass is 16.2. The number of carbonyl (C=O) groups is 2. The van der Waals surface area contributed by atoms with Crippen LogP contribution < -0.4 is 5.32 Å². The lowest BCUT2D eigenvalue weighted by Crippen LogP contribution is -2.76. The molecule has 1 aliphatic heterocycles. The number of nitrogens with zero attached hydrogens (tertiary/aromatic N) is 1. The Morgan fingerprint density at radius 2 is 1.57 bits per heavy atom. The van der Waals surface area contributed by atoms with Crippen LogP contribution in [0, 0.1) is 0 Å². The SMILES string of the molecule is C=CCN1C(=O)C2(CCCCC2)NC(=O)C12CCCCC2. The van der Waals surface area contributed by atoms with Crippen LogP contribution in [0.5, 0.6) is 0 Å². The van der Waals surface area contributed by atoms with E-state index in [9.17, 15) is 9.59 Å². The molecule has 0 radical (unpaired) electrons. The predicted octanol–water partition coefficient (Wildman–Crippen LogP) is 2.54. The Bertz CT molecular complexity index is 446. The third kappa shape index (κ3) is 2.19. The Kier molecular flexibility index (Phi) is 3.80. The highest BCUT2D eigenvalue weighted by Crippen LogP contribution is 2.42. The zero-order valence-corrected chi connectivity index (χ0v) is 12.8. The van der Waals surface area contributed by atoms with Crippen molar-refractivity contribution in [3.05, 3.63) is 12.7 Å². The molecule has 2 spiro atoms. The van der Waals surface area contributed by atoms with Crippen LogP contribution in [0.1, 0.15) is 64.2 Å². The summed E-state index contributed by atoms with van der Waals surface area (Å²) < 4.78 is 0. The van der Waals surface area contributed by atoms with Gasteiger partial charge < -0.3 is 10.2 Å². The zero-order chi connectivity index (χ0) is 14.9. The lowest BCUT2D eigenvalue weighted by atomic mass is 9.71. The van der Waals surface area contributed by atoms with Crippen molar-refractivity contribution in [2.45, 2.75) is 75.3 Å². The molecular formula is C17H26N2O2. The standard InChI is InChI=1S/C17H26N2O2/c1-2-13-19-15(21)16(9-5-3-6-10-16)18-14(20)17(19)11-7-4-8-12-17/h2H,1,3-13H2,(H,18,20). The van der Waals surface area contributed by atoms with Crippen LogP contribution in [0.15, 0.2) is 12.7 Å². The van der Waals surface area contributed by atoms with E-state index in [1.165, 1.54) is 0 Å². The third-order valence-electron chi connectivity index (χ3n) is 5.65. The van der Waals surface area contributed by atoms with E-state index in [4.69, 9.17) is 0 Å². The largest absolute Gasteiger partial charge is 0.340 e. The van der Waals surface area contributed by atoms with Gasteiger partial charge in [-0.2, -0.15) is 0 Å². The molecule has 1 saturated heterocycles. The quantitative estimate of drug-likeness (QED) is 0.795. The first-order chi connectivity index (χ1) is 10.1. The minimum Gasteiger partial charge on any atom is -0.340 e. The van der Waals surface area contributed by atoms with Crippen LogP contribution in [0.2, 0.25) is 0 Å². The maximum Gasteiger partial charge on any atom is 0.249 e. The number of carbonyl (C=O) groups excluding carboxylic acids is 2. The van der Waals surface area contributed by atoms with Gasteiger partial charge >= 0.3 is 0 Å². The molecule has 0 aromatic carbocycles.